The van der Waals surface area contributed by atoms with Crippen molar-refractivity contribution in [1.82, 2.24) is 10.2 Å². The second kappa shape index (κ2) is 11.3. The number of nitrogens with one attached hydrogen (secondary N) is 1. The number of hydrogen-bond acceptors (Lipinski definition) is 5. The standard InChI is InChI=1S/C18H33N3O3S.HI/c1-3-19-17(20-14-18(25-2)6-10-22-11-7-18)21-8-12-24-16(13-21)15-5-4-9-23-15;/h15-16H,3-14H2,1-2H3,(H,19,20);1H. The fourth-order valence-electron chi connectivity index (χ4n) is 3.80. The van der Waals surface area contributed by atoms with Gasteiger partial charge < -0.3 is 24.4 Å². The van der Waals surface area contributed by atoms with E-state index >= 15 is 0 Å². The predicted molar refractivity (Wildman–Crippen MR) is 118 cm³/mol. The van der Waals surface area contributed by atoms with Gasteiger partial charge in [-0.1, -0.05) is 0 Å². The van der Waals surface area contributed by atoms with Crippen molar-refractivity contribution in [3.05, 3.63) is 0 Å². The van der Waals surface area contributed by atoms with Gasteiger partial charge in [0.05, 0.1) is 19.3 Å². The van der Waals surface area contributed by atoms with Crippen LogP contribution in [0.25, 0.3) is 0 Å². The van der Waals surface area contributed by atoms with Crippen molar-refractivity contribution < 1.29 is 14.2 Å². The molecule has 3 aliphatic heterocycles. The molecule has 8 heteroatoms. The van der Waals surface area contributed by atoms with Crippen molar-refractivity contribution in [3.63, 3.8) is 0 Å². The summed E-state index contributed by atoms with van der Waals surface area (Å²) in [4.78, 5) is 7.38. The van der Waals surface area contributed by atoms with Gasteiger partial charge in [0.25, 0.3) is 0 Å². The average Bonchev–Trinajstić information content (AvgIpc) is 3.21. The molecule has 0 saturated carbocycles. The molecule has 6 nitrogen and oxygen atoms in total. The molecular formula is C18H34IN3O3S. The lowest BCUT2D eigenvalue weighted by atomic mass is 9.99. The molecule has 152 valence electrons. The molecule has 0 aromatic heterocycles. The maximum absolute atomic E-state index is 5.99. The highest BCUT2D eigenvalue weighted by molar-refractivity contribution is 14.0. The molecule has 3 saturated heterocycles. The highest BCUT2D eigenvalue weighted by Gasteiger charge is 2.34. The molecule has 0 spiro atoms. The van der Waals surface area contributed by atoms with Crippen molar-refractivity contribution in [2.75, 3.05) is 58.9 Å². The van der Waals surface area contributed by atoms with Crippen LogP contribution in [-0.4, -0.2) is 86.7 Å². The van der Waals surface area contributed by atoms with Gasteiger partial charge in [-0.3, -0.25) is 4.99 Å². The lowest BCUT2D eigenvalue weighted by molar-refractivity contribution is -0.0817. The normalized spacial score (nSPS) is 29.3. The summed E-state index contributed by atoms with van der Waals surface area (Å²) < 4.78 is 17.6. The highest BCUT2D eigenvalue weighted by Crippen LogP contribution is 2.34. The molecule has 3 heterocycles. The summed E-state index contributed by atoms with van der Waals surface area (Å²) in [5.41, 5.74) is 0. The fraction of sp³-hybridized carbons (Fsp3) is 0.944. The first-order valence-corrected chi connectivity index (χ1v) is 10.9. The van der Waals surface area contributed by atoms with Crippen LogP contribution in [0, 0.1) is 0 Å². The summed E-state index contributed by atoms with van der Waals surface area (Å²) in [6, 6.07) is 0. The topological polar surface area (TPSA) is 55.3 Å². The Bertz CT molecular complexity index is 443. The quantitative estimate of drug-likeness (QED) is 0.356. The van der Waals surface area contributed by atoms with Gasteiger partial charge in [0.1, 0.15) is 6.10 Å². The summed E-state index contributed by atoms with van der Waals surface area (Å²) in [5.74, 6) is 1.02. The number of ether oxygens (including phenoxy) is 3. The van der Waals surface area contributed by atoms with Crippen molar-refractivity contribution in [2.24, 2.45) is 4.99 Å². The second-order valence-electron chi connectivity index (χ2n) is 7.08. The molecule has 3 fully saturated rings. The summed E-state index contributed by atoms with van der Waals surface area (Å²) in [6.07, 6.45) is 7.04. The number of rotatable bonds is 5. The van der Waals surface area contributed by atoms with E-state index in [4.69, 9.17) is 19.2 Å². The fourth-order valence-corrected chi connectivity index (χ4v) is 4.57. The Morgan fingerprint density at radius 2 is 1.96 bits per heavy atom. The van der Waals surface area contributed by atoms with E-state index < -0.39 is 0 Å². The zero-order chi connectivity index (χ0) is 17.5. The molecule has 2 unspecified atom stereocenters. The lowest BCUT2D eigenvalue weighted by Gasteiger charge is -2.38. The SMILES string of the molecule is CCNC(=NCC1(SC)CCOCC1)N1CCOC(C2CCCO2)C1.I. The van der Waals surface area contributed by atoms with Gasteiger partial charge >= 0.3 is 0 Å². The summed E-state index contributed by atoms with van der Waals surface area (Å²) in [5, 5.41) is 3.48. The third-order valence-electron chi connectivity index (χ3n) is 5.46. The van der Waals surface area contributed by atoms with E-state index in [-0.39, 0.29) is 40.9 Å². The molecule has 3 rings (SSSR count). The van der Waals surface area contributed by atoms with Crippen LogP contribution >= 0.6 is 35.7 Å². The maximum atomic E-state index is 5.99. The summed E-state index contributed by atoms with van der Waals surface area (Å²) in [7, 11) is 0. The van der Waals surface area contributed by atoms with Gasteiger partial charge in [0.2, 0.25) is 0 Å². The molecule has 0 aromatic carbocycles. The van der Waals surface area contributed by atoms with Crippen molar-refractivity contribution in [2.45, 2.75) is 49.6 Å². The Labute approximate surface area is 179 Å². The van der Waals surface area contributed by atoms with E-state index in [1.807, 2.05) is 11.8 Å². The van der Waals surface area contributed by atoms with E-state index in [0.717, 1.165) is 84.2 Å². The van der Waals surface area contributed by atoms with Crippen molar-refractivity contribution in [1.29, 1.82) is 0 Å². The van der Waals surface area contributed by atoms with Crippen molar-refractivity contribution >= 4 is 41.7 Å². The van der Waals surface area contributed by atoms with E-state index in [1.54, 1.807) is 0 Å². The Balaban J connectivity index is 0.00000243. The summed E-state index contributed by atoms with van der Waals surface area (Å²) >= 11 is 1.94. The Morgan fingerprint density at radius 1 is 1.19 bits per heavy atom. The minimum Gasteiger partial charge on any atom is -0.381 e. The molecule has 1 N–H and O–H groups in total. The largest absolute Gasteiger partial charge is 0.381 e. The predicted octanol–water partition coefficient (Wildman–Crippen LogP) is 2.36. The maximum Gasteiger partial charge on any atom is 0.194 e. The van der Waals surface area contributed by atoms with Gasteiger partial charge in [-0.2, -0.15) is 11.8 Å². The Kier molecular flexibility index (Phi) is 9.77. The second-order valence-corrected chi connectivity index (χ2v) is 8.35. The van der Waals surface area contributed by atoms with Crippen LogP contribution in [0.1, 0.15) is 32.6 Å². The van der Waals surface area contributed by atoms with E-state index in [9.17, 15) is 0 Å². The molecule has 2 atom stereocenters. The van der Waals surface area contributed by atoms with E-state index in [2.05, 4.69) is 23.4 Å². The first-order chi connectivity index (χ1) is 12.3. The zero-order valence-electron chi connectivity index (χ0n) is 16.1. The van der Waals surface area contributed by atoms with Crippen LogP contribution in [0.2, 0.25) is 0 Å². The summed E-state index contributed by atoms with van der Waals surface area (Å²) in [6.45, 7) is 8.95. The van der Waals surface area contributed by atoms with Gasteiger partial charge in [-0.25, -0.2) is 0 Å². The van der Waals surface area contributed by atoms with Gasteiger partial charge in [-0.05, 0) is 38.9 Å². The molecule has 0 aliphatic carbocycles. The van der Waals surface area contributed by atoms with E-state index in [1.165, 1.54) is 0 Å². The van der Waals surface area contributed by atoms with Gasteiger partial charge in [-0.15, -0.1) is 24.0 Å². The third kappa shape index (κ3) is 5.86. The molecule has 0 bridgehead atoms. The van der Waals surface area contributed by atoms with Crippen LogP contribution in [0.3, 0.4) is 0 Å². The lowest BCUT2D eigenvalue weighted by Crippen LogP contribution is -2.53. The average molecular weight is 499 g/mol. The van der Waals surface area contributed by atoms with E-state index in [0.29, 0.717) is 0 Å². The minimum absolute atomic E-state index is 0. The van der Waals surface area contributed by atoms with Crippen LogP contribution in [0.15, 0.2) is 4.99 Å². The minimum atomic E-state index is 0. The number of halogens is 1. The molecule has 3 aliphatic rings. The number of guanidine groups is 1. The zero-order valence-corrected chi connectivity index (χ0v) is 19.2. The third-order valence-corrected chi connectivity index (χ3v) is 6.86. The Hall–Kier alpha value is 0.230. The molecule has 26 heavy (non-hydrogen) atoms. The first kappa shape index (κ1) is 22.5. The molecule has 0 aromatic rings. The molecular weight excluding hydrogens is 465 g/mol. The smallest absolute Gasteiger partial charge is 0.194 e. The first-order valence-electron chi connectivity index (χ1n) is 9.66. The molecule has 0 radical (unpaired) electrons. The van der Waals surface area contributed by atoms with Gasteiger partial charge in [0, 0.05) is 44.2 Å². The molecule has 0 amide bonds. The highest BCUT2D eigenvalue weighted by atomic mass is 127. The Morgan fingerprint density at radius 3 is 2.62 bits per heavy atom. The van der Waals surface area contributed by atoms with Crippen molar-refractivity contribution in [3.8, 4) is 0 Å². The number of nitrogens with zero attached hydrogens (tertiary/aromatic N) is 2. The van der Waals surface area contributed by atoms with Crippen LogP contribution in [-0.2, 0) is 14.2 Å². The number of morpholine rings is 1. The number of aliphatic imine (C=N–C) groups is 1. The van der Waals surface area contributed by atoms with Crippen LogP contribution in [0.4, 0.5) is 0 Å². The van der Waals surface area contributed by atoms with Crippen LogP contribution < -0.4 is 5.32 Å². The number of hydrogen-bond donors (Lipinski definition) is 1. The van der Waals surface area contributed by atoms with Gasteiger partial charge in [0.15, 0.2) is 5.96 Å². The monoisotopic (exact) mass is 499 g/mol. The number of thioether (sulfide) groups is 1. The van der Waals surface area contributed by atoms with Crippen LogP contribution in [0.5, 0.6) is 0 Å².